The van der Waals surface area contributed by atoms with E-state index in [1.165, 1.54) is 11.8 Å². The molecule has 7 heteroatoms. The molecule has 134 valence electrons. The number of carbonyl (C=O) groups excluding carboxylic acids is 1. The second kappa shape index (κ2) is 8.59. The number of nitrogens with zero attached hydrogens (tertiary/aromatic N) is 1. The highest BCUT2D eigenvalue weighted by Crippen LogP contribution is 2.32. The molecule has 0 aromatic heterocycles. The minimum absolute atomic E-state index is 0.159. The zero-order valence-electron chi connectivity index (χ0n) is 14.3. The molecule has 1 amide bonds. The van der Waals surface area contributed by atoms with Crippen LogP contribution in [0.1, 0.15) is 12.5 Å². The first-order valence-corrected chi connectivity index (χ1v) is 9.85. The number of methoxy groups -OCH3 is 1. The first-order chi connectivity index (χ1) is 12.6. The first kappa shape index (κ1) is 18.8. The van der Waals surface area contributed by atoms with Crippen molar-refractivity contribution in [1.29, 1.82) is 0 Å². The highest BCUT2D eigenvalue weighted by Gasteiger charge is 2.24. The Hall–Kier alpha value is -2.00. The van der Waals surface area contributed by atoms with Gasteiger partial charge in [0, 0.05) is 3.57 Å². The number of amides is 1. The van der Waals surface area contributed by atoms with Crippen LogP contribution in [0.4, 0.5) is 5.69 Å². The fraction of sp³-hybridized carbons (Fsp3) is 0.158. The van der Waals surface area contributed by atoms with Gasteiger partial charge in [0.15, 0.2) is 16.7 Å². The molecule has 0 atom stereocenters. The number of carbonyl (C=O) groups is 1. The second-order valence-corrected chi connectivity index (χ2v) is 7.47. The molecular formula is C19H17IN2O3S. The van der Waals surface area contributed by atoms with Crippen molar-refractivity contribution in [3.8, 4) is 11.5 Å². The van der Waals surface area contributed by atoms with Crippen LogP contribution in [-0.4, -0.2) is 24.8 Å². The van der Waals surface area contributed by atoms with Gasteiger partial charge in [-0.05, 0) is 77.2 Å². The molecule has 3 rings (SSSR count). The van der Waals surface area contributed by atoms with Crippen molar-refractivity contribution < 1.29 is 14.3 Å². The highest BCUT2D eigenvalue weighted by atomic mass is 127. The summed E-state index contributed by atoms with van der Waals surface area (Å²) in [7, 11) is 1.60. The molecular weight excluding hydrogens is 463 g/mol. The summed E-state index contributed by atoms with van der Waals surface area (Å²) >= 11 is 3.55. The van der Waals surface area contributed by atoms with Crippen LogP contribution in [-0.2, 0) is 4.79 Å². The normalized spacial score (nSPS) is 16.8. The third-order valence-corrected chi connectivity index (χ3v) is 5.33. The maximum absolute atomic E-state index is 12.3. The van der Waals surface area contributed by atoms with Gasteiger partial charge in [-0.1, -0.05) is 18.2 Å². The predicted molar refractivity (Wildman–Crippen MR) is 114 cm³/mol. The Morgan fingerprint density at radius 2 is 2.04 bits per heavy atom. The van der Waals surface area contributed by atoms with E-state index in [2.05, 4.69) is 32.9 Å². The lowest BCUT2D eigenvalue weighted by Gasteiger charge is -2.09. The number of benzene rings is 2. The van der Waals surface area contributed by atoms with E-state index >= 15 is 0 Å². The van der Waals surface area contributed by atoms with Crippen molar-refractivity contribution in [3.63, 3.8) is 0 Å². The topological polar surface area (TPSA) is 59.9 Å². The smallest absolute Gasteiger partial charge is 0.264 e. The standard InChI is InChI=1S/C19H17IN2O3S/c1-3-25-16-10-12(8-9-15(16)24-2)11-17-18(23)22-19(26-17)21-14-7-5-4-6-13(14)20/h4-11H,3H2,1-2H3,(H,21,22,23)/b17-11+. The number of nitrogens with one attached hydrogen (secondary N) is 1. The molecule has 1 N–H and O–H groups in total. The summed E-state index contributed by atoms with van der Waals surface area (Å²) in [5.41, 5.74) is 1.70. The Balaban J connectivity index is 1.85. The Labute approximate surface area is 170 Å². The predicted octanol–water partition coefficient (Wildman–Crippen LogP) is 4.59. The Morgan fingerprint density at radius 3 is 2.77 bits per heavy atom. The molecule has 0 spiro atoms. The summed E-state index contributed by atoms with van der Waals surface area (Å²) in [6.07, 6.45) is 1.82. The lowest BCUT2D eigenvalue weighted by Crippen LogP contribution is -2.19. The van der Waals surface area contributed by atoms with Crippen LogP contribution >= 0.6 is 34.4 Å². The highest BCUT2D eigenvalue weighted by molar-refractivity contribution is 14.1. The molecule has 0 saturated carbocycles. The number of ether oxygens (including phenoxy) is 2. The zero-order valence-corrected chi connectivity index (χ0v) is 17.3. The molecule has 2 aromatic rings. The Morgan fingerprint density at radius 1 is 1.23 bits per heavy atom. The van der Waals surface area contributed by atoms with Crippen molar-refractivity contribution in [2.45, 2.75) is 6.92 Å². The molecule has 0 radical (unpaired) electrons. The number of para-hydroxylation sites is 1. The van der Waals surface area contributed by atoms with Gasteiger partial charge in [-0.25, -0.2) is 4.99 Å². The lowest BCUT2D eigenvalue weighted by molar-refractivity contribution is -0.115. The van der Waals surface area contributed by atoms with Gasteiger partial charge in [0.25, 0.3) is 5.91 Å². The number of rotatable bonds is 5. The number of amidine groups is 1. The van der Waals surface area contributed by atoms with E-state index in [1.807, 2.05) is 55.5 Å². The zero-order chi connectivity index (χ0) is 18.5. The van der Waals surface area contributed by atoms with Crippen molar-refractivity contribution in [2.75, 3.05) is 13.7 Å². The van der Waals surface area contributed by atoms with Crippen molar-refractivity contribution in [2.24, 2.45) is 4.99 Å². The summed E-state index contributed by atoms with van der Waals surface area (Å²) in [5, 5.41) is 3.38. The van der Waals surface area contributed by atoms with Crippen LogP contribution in [0, 0.1) is 3.57 Å². The van der Waals surface area contributed by atoms with Gasteiger partial charge in [-0.3, -0.25) is 4.79 Å². The number of aliphatic imine (C=N–C) groups is 1. The van der Waals surface area contributed by atoms with E-state index < -0.39 is 0 Å². The fourth-order valence-electron chi connectivity index (χ4n) is 2.34. The summed E-state index contributed by atoms with van der Waals surface area (Å²) in [4.78, 5) is 17.4. The summed E-state index contributed by atoms with van der Waals surface area (Å²) < 4.78 is 11.9. The van der Waals surface area contributed by atoms with E-state index in [9.17, 15) is 4.79 Å². The van der Waals surface area contributed by atoms with E-state index in [4.69, 9.17) is 9.47 Å². The van der Waals surface area contributed by atoms with Gasteiger partial charge >= 0.3 is 0 Å². The molecule has 2 aromatic carbocycles. The van der Waals surface area contributed by atoms with E-state index in [1.54, 1.807) is 7.11 Å². The van der Waals surface area contributed by atoms with Gasteiger partial charge in [-0.15, -0.1) is 0 Å². The second-order valence-electron chi connectivity index (χ2n) is 5.28. The summed E-state index contributed by atoms with van der Waals surface area (Å²) in [6, 6.07) is 13.3. The molecule has 1 fully saturated rings. The number of hydrogen-bond acceptors (Lipinski definition) is 5. The first-order valence-electron chi connectivity index (χ1n) is 7.95. The lowest BCUT2D eigenvalue weighted by atomic mass is 10.2. The van der Waals surface area contributed by atoms with Crippen molar-refractivity contribution >= 4 is 57.2 Å². The minimum Gasteiger partial charge on any atom is -0.493 e. The van der Waals surface area contributed by atoms with Crippen molar-refractivity contribution in [3.05, 3.63) is 56.5 Å². The molecule has 1 aliphatic rings. The molecule has 0 bridgehead atoms. The molecule has 5 nitrogen and oxygen atoms in total. The molecule has 1 saturated heterocycles. The average molecular weight is 480 g/mol. The Kier molecular flexibility index (Phi) is 6.20. The fourth-order valence-corrected chi connectivity index (χ4v) is 3.68. The molecule has 1 heterocycles. The summed E-state index contributed by atoms with van der Waals surface area (Å²) in [5.74, 6) is 1.16. The number of thioether (sulfide) groups is 1. The van der Waals surface area contributed by atoms with Gasteiger partial charge in [0.2, 0.25) is 0 Å². The molecule has 1 aliphatic heterocycles. The minimum atomic E-state index is -0.159. The van der Waals surface area contributed by atoms with Gasteiger partial charge in [0.05, 0.1) is 24.3 Å². The maximum atomic E-state index is 12.3. The molecule has 0 unspecified atom stereocenters. The third kappa shape index (κ3) is 4.39. The quantitative estimate of drug-likeness (QED) is 0.503. The van der Waals surface area contributed by atoms with Crippen LogP contribution in [0.25, 0.3) is 6.08 Å². The number of hydrogen-bond donors (Lipinski definition) is 1. The molecule has 0 aliphatic carbocycles. The SMILES string of the molecule is CCOc1cc(/C=C2/SC(=Nc3ccccc3I)NC2=O)ccc1OC. The number of halogens is 1. The van der Waals surface area contributed by atoms with Crippen LogP contribution in [0.2, 0.25) is 0 Å². The maximum Gasteiger partial charge on any atom is 0.264 e. The van der Waals surface area contributed by atoms with Crippen LogP contribution < -0.4 is 14.8 Å². The Bertz CT molecular complexity index is 896. The largest absolute Gasteiger partial charge is 0.493 e. The van der Waals surface area contributed by atoms with Crippen LogP contribution in [0.3, 0.4) is 0 Å². The van der Waals surface area contributed by atoms with Gasteiger partial charge < -0.3 is 14.8 Å². The third-order valence-electron chi connectivity index (χ3n) is 3.51. The van der Waals surface area contributed by atoms with E-state index in [0.29, 0.717) is 28.2 Å². The molecule has 26 heavy (non-hydrogen) atoms. The van der Waals surface area contributed by atoms with Gasteiger partial charge in [0.1, 0.15) is 0 Å². The summed E-state index contributed by atoms with van der Waals surface area (Å²) in [6.45, 7) is 2.46. The van der Waals surface area contributed by atoms with E-state index in [-0.39, 0.29) is 5.91 Å². The average Bonchev–Trinajstić information content (AvgIpc) is 2.97. The van der Waals surface area contributed by atoms with E-state index in [0.717, 1.165) is 14.8 Å². The monoisotopic (exact) mass is 480 g/mol. The van der Waals surface area contributed by atoms with Crippen molar-refractivity contribution in [1.82, 2.24) is 5.32 Å². The van der Waals surface area contributed by atoms with Gasteiger partial charge in [-0.2, -0.15) is 0 Å². The van der Waals surface area contributed by atoms with Crippen LogP contribution in [0.15, 0.2) is 52.4 Å². The van der Waals surface area contributed by atoms with Crippen LogP contribution in [0.5, 0.6) is 11.5 Å².